The number of hydrogen-bond donors (Lipinski definition) is 2. The maximum Gasteiger partial charge on any atom is 0.233 e. The molecule has 0 spiro atoms. The summed E-state index contributed by atoms with van der Waals surface area (Å²) in [6.07, 6.45) is 11.8. The fraction of sp³-hybridized carbons (Fsp3) is 0.348. The van der Waals surface area contributed by atoms with Crippen molar-refractivity contribution in [2.24, 2.45) is 0 Å². The second-order valence-electron chi connectivity index (χ2n) is 8.26. The van der Waals surface area contributed by atoms with Gasteiger partial charge in [-0.3, -0.25) is 15.1 Å². The van der Waals surface area contributed by atoms with Gasteiger partial charge in [-0.1, -0.05) is 6.07 Å². The lowest BCUT2D eigenvalue weighted by molar-refractivity contribution is 0.160. The van der Waals surface area contributed by atoms with Crippen LogP contribution in [0.15, 0.2) is 43.0 Å². The van der Waals surface area contributed by atoms with E-state index in [1.807, 2.05) is 24.5 Å². The maximum absolute atomic E-state index is 6.05. The number of ether oxygens (including phenoxy) is 1. The van der Waals surface area contributed by atoms with Crippen LogP contribution < -0.4 is 10.1 Å². The molecule has 8 nitrogen and oxygen atoms in total. The van der Waals surface area contributed by atoms with Crippen molar-refractivity contribution in [1.29, 1.82) is 0 Å². The molecule has 1 saturated carbocycles. The van der Waals surface area contributed by atoms with E-state index in [2.05, 4.69) is 36.5 Å². The van der Waals surface area contributed by atoms with Gasteiger partial charge in [0.2, 0.25) is 5.88 Å². The normalized spacial score (nSPS) is 18.9. The van der Waals surface area contributed by atoms with Crippen molar-refractivity contribution >= 4 is 10.9 Å². The molecule has 8 heteroatoms. The summed E-state index contributed by atoms with van der Waals surface area (Å²) in [6, 6.07) is 6.16. The van der Waals surface area contributed by atoms with Gasteiger partial charge in [0.25, 0.3) is 0 Å². The number of aromatic nitrogens is 6. The van der Waals surface area contributed by atoms with Gasteiger partial charge >= 0.3 is 0 Å². The van der Waals surface area contributed by atoms with Crippen LogP contribution in [0.4, 0.5) is 0 Å². The Balaban J connectivity index is 1.34. The third-order valence-electron chi connectivity index (χ3n) is 5.90. The Labute approximate surface area is 179 Å². The van der Waals surface area contributed by atoms with Gasteiger partial charge in [0.05, 0.1) is 35.5 Å². The summed E-state index contributed by atoms with van der Waals surface area (Å²) >= 11 is 0. The quantitative estimate of drug-likeness (QED) is 0.516. The number of piperidine rings is 1. The molecule has 0 unspecified atom stereocenters. The molecular formula is C23H23N7O. The first-order valence-electron chi connectivity index (χ1n) is 10.8. The minimum atomic E-state index is 0.123. The van der Waals surface area contributed by atoms with E-state index < -0.39 is 0 Å². The first-order valence-corrected chi connectivity index (χ1v) is 10.8. The molecule has 6 rings (SSSR count). The molecule has 0 radical (unpaired) electrons. The maximum atomic E-state index is 6.05. The predicted molar refractivity (Wildman–Crippen MR) is 117 cm³/mol. The number of fused-ring (bicyclic) bond motifs is 1. The molecule has 4 heterocycles. The van der Waals surface area contributed by atoms with E-state index in [-0.39, 0.29) is 6.10 Å². The molecule has 2 fully saturated rings. The molecule has 31 heavy (non-hydrogen) atoms. The molecule has 1 aliphatic carbocycles. The van der Waals surface area contributed by atoms with Crippen molar-refractivity contribution in [1.82, 2.24) is 35.5 Å². The highest BCUT2D eigenvalue weighted by molar-refractivity contribution is 5.94. The average molecular weight is 413 g/mol. The van der Waals surface area contributed by atoms with Gasteiger partial charge in [-0.15, -0.1) is 0 Å². The first-order chi connectivity index (χ1) is 15.3. The summed E-state index contributed by atoms with van der Waals surface area (Å²) < 4.78 is 6.05. The van der Waals surface area contributed by atoms with Gasteiger partial charge in [-0.2, -0.15) is 5.10 Å². The fourth-order valence-corrected chi connectivity index (χ4v) is 4.07. The van der Waals surface area contributed by atoms with E-state index in [1.54, 1.807) is 12.4 Å². The van der Waals surface area contributed by atoms with Crippen molar-refractivity contribution in [2.45, 2.75) is 37.7 Å². The SMILES string of the molecule is c1cc2[nH]nc(-c3cncc(O[C@@H]4CCCNC4)n3)c2cc1-c1cncc(C2CC2)n1. The number of benzene rings is 1. The van der Waals surface area contributed by atoms with Gasteiger partial charge in [0.1, 0.15) is 17.5 Å². The summed E-state index contributed by atoms with van der Waals surface area (Å²) in [5, 5.41) is 11.9. The summed E-state index contributed by atoms with van der Waals surface area (Å²) in [5.41, 5.74) is 5.35. The molecule has 1 saturated heterocycles. The highest BCUT2D eigenvalue weighted by atomic mass is 16.5. The van der Waals surface area contributed by atoms with Crippen LogP contribution in [-0.4, -0.2) is 49.3 Å². The van der Waals surface area contributed by atoms with Crippen LogP contribution in [-0.2, 0) is 0 Å². The van der Waals surface area contributed by atoms with Gasteiger partial charge in [-0.25, -0.2) is 9.97 Å². The van der Waals surface area contributed by atoms with Gasteiger partial charge in [-0.05, 0) is 44.4 Å². The minimum absolute atomic E-state index is 0.123. The molecule has 1 aromatic carbocycles. The van der Waals surface area contributed by atoms with Crippen molar-refractivity contribution in [3.05, 3.63) is 48.7 Å². The Kier molecular flexibility index (Phi) is 4.57. The lowest BCUT2D eigenvalue weighted by Crippen LogP contribution is -2.37. The Bertz CT molecular complexity index is 1230. The van der Waals surface area contributed by atoms with Crippen LogP contribution in [0, 0.1) is 0 Å². The van der Waals surface area contributed by atoms with Crippen LogP contribution in [0.1, 0.15) is 37.3 Å². The zero-order valence-electron chi connectivity index (χ0n) is 17.1. The molecule has 2 aliphatic rings. The predicted octanol–water partition coefficient (Wildman–Crippen LogP) is 3.49. The van der Waals surface area contributed by atoms with Crippen molar-refractivity contribution < 1.29 is 4.74 Å². The molecule has 4 aromatic rings. The van der Waals surface area contributed by atoms with Gasteiger partial charge < -0.3 is 10.1 Å². The number of nitrogens with zero attached hydrogens (tertiary/aromatic N) is 5. The van der Waals surface area contributed by atoms with E-state index in [9.17, 15) is 0 Å². The molecule has 0 amide bonds. The molecule has 2 N–H and O–H groups in total. The lowest BCUT2D eigenvalue weighted by atomic mass is 10.1. The summed E-state index contributed by atoms with van der Waals surface area (Å²) in [6.45, 7) is 1.88. The molecule has 1 atom stereocenters. The molecule has 156 valence electrons. The summed E-state index contributed by atoms with van der Waals surface area (Å²) in [4.78, 5) is 18.3. The third-order valence-corrected chi connectivity index (χ3v) is 5.90. The molecule has 3 aromatic heterocycles. The number of H-pyrrole nitrogens is 1. The van der Waals surface area contributed by atoms with Crippen molar-refractivity contribution in [3.63, 3.8) is 0 Å². The second-order valence-corrected chi connectivity index (χ2v) is 8.26. The van der Waals surface area contributed by atoms with E-state index in [0.717, 1.165) is 59.5 Å². The smallest absolute Gasteiger partial charge is 0.233 e. The van der Waals surface area contributed by atoms with Crippen LogP contribution in [0.25, 0.3) is 33.5 Å². The zero-order chi connectivity index (χ0) is 20.6. The van der Waals surface area contributed by atoms with Gasteiger partial charge in [0, 0.05) is 29.6 Å². The summed E-state index contributed by atoms with van der Waals surface area (Å²) in [7, 11) is 0. The Hall–Kier alpha value is -3.39. The fourth-order valence-electron chi connectivity index (χ4n) is 4.07. The standard InChI is InChI=1S/C23H23N7O/c1-2-16(9-24-7-1)31-22-13-26-12-21(28-22)23-17-8-15(5-6-18(17)29-30-23)20-11-25-10-19(27-20)14-3-4-14/h5-6,8,10-14,16,24H,1-4,7,9H2,(H,29,30)/t16-/m1/s1. The van der Waals surface area contributed by atoms with Crippen molar-refractivity contribution in [3.8, 4) is 28.5 Å². The number of rotatable bonds is 5. The van der Waals surface area contributed by atoms with Gasteiger partial charge in [0.15, 0.2) is 0 Å². The Morgan fingerprint density at radius 2 is 1.84 bits per heavy atom. The topological polar surface area (TPSA) is 102 Å². The molecule has 0 bridgehead atoms. The second kappa shape index (κ2) is 7.70. The Morgan fingerprint density at radius 1 is 0.935 bits per heavy atom. The van der Waals surface area contributed by atoms with Crippen LogP contribution in [0.2, 0.25) is 0 Å². The van der Waals surface area contributed by atoms with E-state index in [4.69, 9.17) is 9.72 Å². The van der Waals surface area contributed by atoms with E-state index >= 15 is 0 Å². The van der Waals surface area contributed by atoms with Crippen molar-refractivity contribution in [2.75, 3.05) is 13.1 Å². The number of nitrogens with one attached hydrogen (secondary N) is 2. The summed E-state index contributed by atoms with van der Waals surface area (Å²) in [5.74, 6) is 1.10. The van der Waals surface area contributed by atoms with Crippen LogP contribution in [0.3, 0.4) is 0 Å². The number of hydrogen-bond acceptors (Lipinski definition) is 7. The monoisotopic (exact) mass is 413 g/mol. The molecule has 1 aliphatic heterocycles. The first kappa shape index (κ1) is 18.4. The van der Waals surface area contributed by atoms with E-state index in [0.29, 0.717) is 17.5 Å². The highest BCUT2D eigenvalue weighted by Gasteiger charge is 2.25. The largest absolute Gasteiger partial charge is 0.472 e. The Morgan fingerprint density at radius 3 is 2.71 bits per heavy atom. The average Bonchev–Trinajstić information content (AvgIpc) is 3.59. The lowest BCUT2D eigenvalue weighted by Gasteiger charge is -2.23. The van der Waals surface area contributed by atoms with Crippen LogP contribution in [0.5, 0.6) is 5.88 Å². The minimum Gasteiger partial charge on any atom is -0.472 e. The van der Waals surface area contributed by atoms with E-state index in [1.165, 1.54) is 12.8 Å². The number of aromatic amines is 1. The highest BCUT2D eigenvalue weighted by Crippen LogP contribution is 2.39. The van der Waals surface area contributed by atoms with Crippen LogP contribution >= 0.6 is 0 Å². The third kappa shape index (κ3) is 3.74. The zero-order valence-corrected chi connectivity index (χ0v) is 17.1. The molecular weight excluding hydrogens is 390 g/mol.